The highest BCUT2D eigenvalue weighted by molar-refractivity contribution is 7.92. The van der Waals surface area contributed by atoms with Crippen LogP contribution in [0.15, 0.2) is 46.2 Å². The Kier molecular flexibility index (Phi) is 5.80. The van der Waals surface area contributed by atoms with E-state index in [4.69, 9.17) is 0 Å². The molecule has 31 heavy (non-hydrogen) atoms. The molecule has 2 aromatic carbocycles. The van der Waals surface area contributed by atoms with Gasteiger partial charge in [-0.05, 0) is 61.2 Å². The molecule has 0 aliphatic carbocycles. The van der Waals surface area contributed by atoms with Gasteiger partial charge in [-0.1, -0.05) is 18.9 Å². The van der Waals surface area contributed by atoms with Crippen molar-refractivity contribution in [1.82, 2.24) is 4.31 Å². The third kappa shape index (κ3) is 4.46. The number of anilines is 2. The first-order valence-electron chi connectivity index (χ1n) is 10.2. The highest BCUT2D eigenvalue weighted by Gasteiger charge is 2.28. The van der Waals surface area contributed by atoms with Crippen LogP contribution in [-0.2, 0) is 31.3 Å². The van der Waals surface area contributed by atoms with Gasteiger partial charge in [0.05, 0.1) is 21.9 Å². The first-order chi connectivity index (χ1) is 14.7. The molecule has 2 heterocycles. The van der Waals surface area contributed by atoms with E-state index in [9.17, 15) is 21.6 Å². The molecular formula is C21H25N3O5S2. The number of hydrogen-bond donors (Lipinski definition) is 2. The number of rotatable bonds is 5. The van der Waals surface area contributed by atoms with Crippen molar-refractivity contribution in [1.29, 1.82) is 0 Å². The first-order valence-corrected chi connectivity index (χ1v) is 13.2. The van der Waals surface area contributed by atoms with E-state index in [0.717, 1.165) is 25.7 Å². The second-order valence-corrected chi connectivity index (χ2v) is 11.5. The Morgan fingerprint density at radius 3 is 2.35 bits per heavy atom. The van der Waals surface area contributed by atoms with E-state index < -0.39 is 20.0 Å². The SMILES string of the molecule is Cc1ccc(NS(=O)(=O)c2ccc3c(c2)CC(=O)N3)cc1S(=O)(=O)N1CCCCCC1. The van der Waals surface area contributed by atoms with Crippen molar-refractivity contribution in [3.63, 3.8) is 0 Å². The van der Waals surface area contributed by atoms with Gasteiger partial charge in [0.1, 0.15) is 0 Å². The van der Waals surface area contributed by atoms with Gasteiger partial charge in [0.15, 0.2) is 0 Å². The lowest BCUT2D eigenvalue weighted by Crippen LogP contribution is -2.32. The summed E-state index contributed by atoms with van der Waals surface area (Å²) in [6, 6.07) is 8.96. The van der Waals surface area contributed by atoms with Gasteiger partial charge in [-0.3, -0.25) is 9.52 Å². The third-order valence-corrected chi connectivity index (χ3v) is 9.05. The standard InChI is InChI=1S/C21H25N3O5S2/c1-15-6-7-17(14-20(15)31(28,29)24-10-4-2-3-5-11-24)23-30(26,27)18-8-9-19-16(12-18)13-21(25)22-19/h6-9,12,14,23H,2-5,10-11,13H2,1H3,(H,22,25). The van der Waals surface area contributed by atoms with Crippen LogP contribution in [0.25, 0.3) is 0 Å². The maximum atomic E-state index is 13.2. The van der Waals surface area contributed by atoms with Gasteiger partial charge in [-0.15, -0.1) is 0 Å². The fourth-order valence-electron chi connectivity index (χ4n) is 3.95. The van der Waals surface area contributed by atoms with E-state index in [0.29, 0.717) is 29.9 Å². The molecule has 0 spiro atoms. The molecular weight excluding hydrogens is 438 g/mol. The number of fused-ring (bicyclic) bond motifs is 1. The molecule has 0 radical (unpaired) electrons. The Labute approximate surface area is 182 Å². The van der Waals surface area contributed by atoms with Crippen molar-refractivity contribution in [2.45, 2.75) is 48.8 Å². The lowest BCUT2D eigenvalue weighted by Gasteiger charge is -2.21. The number of carbonyl (C=O) groups is 1. The molecule has 0 saturated carbocycles. The zero-order chi connectivity index (χ0) is 22.2. The molecule has 1 saturated heterocycles. The van der Waals surface area contributed by atoms with Gasteiger partial charge in [0.25, 0.3) is 10.0 Å². The number of nitrogens with zero attached hydrogens (tertiary/aromatic N) is 1. The lowest BCUT2D eigenvalue weighted by molar-refractivity contribution is -0.115. The fourth-order valence-corrected chi connectivity index (χ4v) is 6.82. The van der Waals surface area contributed by atoms with E-state index in [1.165, 1.54) is 22.5 Å². The van der Waals surface area contributed by atoms with Crippen molar-refractivity contribution in [3.05, 3.63) is 47.5 Å². The highest BCUT2D eigenvalue weighted by Crippen LogP contribution is 2.29. The molecule has 1 fully saturated rings. The van der Waals surface area contributed by atoms with Gasteiger partial charge in [0.2, 0.25) is 15.9 Å². The second-order valence-electron chi connectivity index (χ2n) is 7.95. The minimum Gasteiger partial charge on any atom is -0.326 e. The Bertz CT molecular complexity index is 1230. The number of amides is 1. The van der Waals surface area contributed by atoms with Crippen LogP contribution in [0.2, 0.25) is 0 Å². The molecule has 1 amide bonds. The van der Waals surface area contributed by atoms with Gasteiger partial charge in [-0.25, -0.2) is 16.8 Å². The molecule has 2 aromatic rings. The number of nitrogens with one attached hydrogen (secondary N) is 2. The normalized spacial score (nSPS) is 17.6. The Balaban J connectivity index is 1.63. The maximum absolute atomic E-state index is 13.2. The zero-order valence-corrected chi connectivity index (χ0v) is 18.9. The zero-order valence-electron chi connectivity index (χ0n) is 17.2. The smallest absolute Gasteiger partial charge is 0.261 e. The van der Waals surface area contributed by atoms with Crippen molar-refractivity contribution < 1.29 is 21.6 Å². The van der Waals surface area contributed by atoms with E-state index in [2.05, 4.69) is 10.0 Å². The number of carbonyl (C=O) groups excluding carboxylic acids is 1. The van der Waals surface area contributed by atoms with Crippen molar-refractivity contribution >= 4 is 37.3 Å². The Morgan fingerprint density at radius 1 is 0.935 bits per heavy atom. The van der Waals surface area contributed by atoms with Crippen LogP contribution in [0, 0.1) is 6.92 Å². The average Bonchev–Trinajstić information content (AvgIpc) is 2.90. The molecule has 0 bridgehead atoms. The Hall–Kier alpha value is -2.43. The molecule has 0 unspecified atom stereocenters. The molecule has 0 atom stereocenters. The molecule has 2 aliphatic rings. The van der Waals surface area contributed by atoms with Gasteiger partial charge >= 0.3 is 0 Å². The highest BCUT2D eigenvalue weighted by atomic mass is 32.2. The van der Waals surface area contributed by atoms with Crippen LogP contribution in [0.3, 0.4) is 0 Å². The summed E-state index contributed by atoms with van der Waals surface area (Å²) in [5, 5.41) is 2.67. The molecule has 0 aromatic heterocycles. The first kappa shape index (κ1) is 21.8. The molecule has 2 N–H and O–H groups in total. The predicted octanol–water partition coefficient (Wildman–Crippen LogP) is 2.86. The molecule has 166 valence electrons. The molecule has 8 nitrogen and oxygen atoms in total. The van der Waals surface area contributed by atoms with E-state index in [1.807, 2.05) is 0 Å². The summed E-state index contributed by atoms with van der Waals surface area (Å²) in [5.41, 5.74) is 1.95. The summed E-state index contributed by atoms with van der Waals surface area (Å²) >= 11 is 0. The number of benzene rings is 2. The van der Waals surface area contributed by atoms with Crippen LogP contribution in [0.5, 0.6) is 0 Å². The quantitative estimate of drug-likeness (QED) is 0.708. The van der Waals surface area contributed by atoms with Crippen molar-refractivity contribution in [3.8, 4) is 0 Å². The predicted molar refractivity (Wildman–Crippen MR) is 118 cm³/mol. The van der Waals surface area contributed by atoms with Crippen LogP contribution >= 0.6 is 0 Å². The maximum Gasteiger partial charge on any atom is 0.261 e. The van der Waals surface area contributed by atoms with Crippen molar-refractivity contribution in [2.75, 3.05) is 23.1 Å². The summed E-state index contributed by atoms with van der Waals surface area (Å²) in [6.45, 7) is 2.65. The van der Waals surface area contributed by atoms with Gasteiger partial charge in [0, 0.05) is 18.8 Å². The minimum atomic E-state index is -3.96. The van der Waals surface area contributed by atoms with Gasteiger partial charge in [-0.2, -0.15) is 4.31 Å². The number of hydrogen-bond acceptors (Lipinski definition) is 5. The van der Waals surface area contributed by atoms with Crippen LogP contribution in [-0.4, -0.2) is 40.1 Å². The summed E-state index contributed by atoms with van der Waals surface area (Å²) < 4.78 is 56.2. The van der Waals surface area contributed by atoms with Crippen LogP contribution in [0.1, 0.15) is 36.8 Å². The monoisotopic (exact) mass is 463 g/mol. The fraction of sp³-hybridized carbons (Fsp3) is 0.381. The Morgan fingerprint density at radius 2 is 1.65 bits per heavy atom. The van der Waals surface area contributed by atoms with Crippen LogP contribution < -0.4 is 10.0 Å². The topological polar surface area (TPSA) is 113 Å². The second kappa shape index (κ2) is 8.25. The van der Waals surface area contributed by atoms with Gasteiger partial charge < -0.3 is 5.32 Å². The lowest BCUT2D eigenvalue weighted by atomic mass is 10.2. The largest absolute Gasteiger partial charge is 0.326 e. The molecule has 10 heteroatoms. The number of aryl methyl sites for hydroxylation is 1. The van der Waals surface area contributed by atoms with E-state index in [1.54, 1.807) is 25.1 Å². The summed E-state index contributed by atoms with van der Waals surface area (Å²) in [7, 11) is -7.68. The average molecular weight is 464 g/mol. The van der Waals surface area contributed by atoms with Crippen molar-refractivity contribution in [2.24, 2.45) is 0 Å². The van der Waals surface area contributed by atoms with E-state index in [-0.39, 0.29) is 27.8 Å². The number of sulfonamides is 2. The molecule has 4 rings (SSSR count). The summed E-state index contributed by atoms with van der Waals surface area (Å²) in [6.07, 6.45) is 3.78. The molecule has 2 aliphatic heterocycles. The minimum absolute atomic E-state index is 0.0141. The van der Waals surface area contributed by atoms with Crippen LogP contribution in [0.4, 0.5) is 11.4 Å². The van der Waals surface area contributed by atoms with E-state index >= 15 is 0 Å². The third-order valence-electron chi connectivity index (χ3n) is 5.64. The summed E-state index contributed by atoms with van der Waals surface area (Å²) in [5.74, 6) is -0.181. The summed E-state index contributed by atoms with van der Waals surface area (Å²) in [4.78, 5) is 11.7.